The molecular weight excluding hydrogens is 278 g/mol. The van der Waals surface area contributed by atoms with Crippen molar-refractivity contribution in [2.45, 2.75) is 46.6 Å². The lowest BCUT2D eigenvalue weighted by Gasteiger charge is -2.05. The third-order valence-electron chi connectivity index (χ3n) is 3.21. The van der Waals surface area contributed by atoms with Crippen LogP contribution < -0.4 is 5.32 Å². The molecule has 0 spiro atoms. The molecule has 2 heterocycles. The van der Waals surface area contributed by atoms with Crippen molar-refractivity contribution >= 4 is 11.3 Å². The van der Waals surface area contributed by atoms with Gasteiger partial charge in [-0.25, -0.2) is 4.98 Å². The third kappa shape index (κ3) is 5.21. The van der Waals surface area contributed by atoms with E-state index in [9.17, 15) is 0 Å². The average molecular weight is 303 g/mol. The third-order valence-corrected chi connectivity index (χ3v) is 4.31. The van der Waals surface area contributed by atoms with Crippen LogP contribution in [0.5, 0.6) is 0 Å². The molecule has 114 valence electrons. The predicted octanol–water partition coefficient (Wildman–Crippen LogP) is 3.83. The fourth-order valence-corrected chi connectivity index (χ4v) is 3.35. The van der Waals surface area contributed by atoms with Gasteiger partial charge in [0.2, 0.25) is 0 Å². The van der Waals surface area contributed by atoms with Crippen LogP contribution in [0.2, 0.25) is 0 Å². The van der Waals surface area contributed by atoms with E-state index in [1.807, 2.05) is 29.8 Å². The van der Waals surface area contributed by atoms with Crippen LogP contribution in [0.4, 0.5) is 0 Å². The molecule has 0 saturated carbocycles. The van der Waals surface area contributed by atoms with E-state index >= 15 is 0 Å². The smallest absolute Gasteiger partial charge is 0.0976 e. The number of nitrogens with zero attached hydrogens (tertiary/aromatic N) is 2. The van der Waals surface area contributed by atoms with E-state index < -0.39 is 0 Å². The lowest BCUT2D eigenvalue weighted by molar-refractivity contribution is 0.622. The summed E-state index contributed by atoms with van der Waals surface area (Å²) in [6.07, 6.45) is 6.86. The van der Waals surface area contributed by atoms with Crippen LogP contribution >= 0.6 is 11.3 Å². The number of hydrogen-bond acceptors (Lipinski definition) is 4. The summed E-state index contributed by atoms with van der Waals surface area (Å²) in [6.45, 7) is 8.72. The molecule has 2 aromatic heterocycles. The number of aromatic nitrogens is 2. The second-order valence-corrected chi connectivity index (χ2v) is 6.96. The van der Waals surface area contributed by atoms with Gasteiger partial charge < -0.3 is 5.32 Å². The first-order valence-corrected chi connectivity index (χ1v) is 8.57. The molecule has 0 amide bonds. The molecule has 0 fully saturated rings. The minimum absolute atomic E-state index is 0.642. The SMILES string of the molecule is CCCNCc1sc(Cc2cccnc2)nc1CC(C)C. The van der Waals surface area contributed by atoms with E-state index in [0.717, 1.165) is 25.9 Å². The van der Waals surface area contributed by atoms with Crippen molar-refractivity contribution in [2.75, 3.05) is 6.54 Å². The summed E-state index contributed by atoms with van der Waals surface area (Å²) in [6, 6.07) is 4.10. The first kappa shape index (κ1) is 16.1. The lowest BCUT2D eigenvalue weighted by Crippen LogP contribution is -2.14. The number of hydrogen-bond donors (Lipinski definition) is 1. The molecule has 3 nitrogen and oxygen atoms in total. The van der Waals surface area contributed by atoms with Crippen molar-refractivity contribution in [3.8, 4) is 0 Å². The van der Waals surface area contributed by atoms with Gasteiger partial charge in [-0.1, -0.05) is 26.8 Å². The summed E-state index contributed by atoms with van der Waals surface area (Å²) in [5, 5.41) is 4.70. The molecule has 2 rings (SSSR count). The van der Waals surface area contributed by atoms with Crippen LogP contribution in [0, 0.1) is 5.92 Å². The van der Waals surface area contributed by atoms with Gasteiger partial charge in [-0.05, 0) is 36.9 Å². The summed E-state index contributed by atoms with van der Waals surface area (Å²) in [4.78, 5) is 10.5. The lowest BCUT2D eigenvalue weighted by atomic mass is 10.1. The first-order valence-electron chi connectivity index (χ1n) is 7.76. The Hall–Kier alpha value is -1.26. The Morgan fingerprint density at radius 1 is 1.33 bits per heavy atom. The van der Waals surface area contributed by atoms with Crippen LogP contribution in [0.25, 0.3) is 0 Å². The average Bonchev–Trinajstić information content (AvgIpc) is 2.81. The zero-order chi connectivity index (χ0) is 15.1. The van der Waals surface area contributed by atoms with E-state index in [0.29, 0.717) is 5.92 Å². The fourth-order valence-electron chi connectivity index (χ4n) is 2.25. The maximum absolute atomic E-state index is 4.88. The molecular formula is C17H25N3S. The van der Waals surface area contributed by atoms with Gasteiger partial charge in [-0.2, -0.15) is 0 Å². The Morgan fingerprint density at radius 2 is 2.19 bits per heavy atom. The zero-order valence-corrected chi connectivity index (χ0v) is 14.0. The van der Waals surface area contributed by atoms with Crippen LogP contribution in [0.1, 0.15) is 48.3 Å². The molecule has 0 unspecified atom stereocenters. The summed E-state index contributed by atoms with van der Waals surface area (Å²) in [5.74, 6) is 0.642. The van der Waals surface area contributed by atoms with E-state index in [4.69, 9.17) is 4.98 Å². The molecule has 0 aliphatic heterocycles. The fraction of sp³-hybridized carbons (Fsp3) is 0.529. The molecule has 0 aromatic carbocycles. The Bertz CT molecular complexity index is 534. The quantitative estimate of drug-likeness (QED) is 0.753. The van der Waals surface area contributed by atoms with Crippen LogP contribution in [0.3, 0.4) is 0 Å². The molecule has 0 atom stereocenters. The Balaban J connectivity index is 2.10. The molecule has 2 aromatic rings. The van der Waals surface area contributed by atoms with E-state index in [1.165, 1.54) is 27.6 Å². The van der Waals surface area contributed by atoms with Gasteiger partial charge >= 0.3 is 0 Å². The highest BCUT2D eigenvalue weighted by molar-refractivity contribution is 7.11. The van der Waals surface area contributed by atoms with Crippen LogP contribution in [0.15, 0.2) is 24.5 Å². The highest BCUT2D eigenvalue weighted by Crippen LogP contribution is 2.23. The maximum atomic E-state index is 4.88. The van der Waals surface area contributed by atoms with Crippen LogP contribution in [-0.4, -0.2) is 16.5 Å². The zero-order valence-electron chi connectivity index (χ0n) is 13.2. The normalized spacial score (nSPS) is 11.2. The van der Waals surface area contributed by atoms with Crippen molar-refractivity contribution in [1.29, 1.82) is 0 Å². The Morgan fingerprint density at radius 3 is 2.86 bits per heavy atom. The molecule has 0 aliphatic carbocycles. The number of pyridine rings is 1. The van der Waals surface area contributed by atoms with E-state index in [1.54, 1.807) is 0 Å². The summed E-state index contributed by atoms with van der Waals surface area (Å²) < 4.78 is 0. The second kappa shape index (κ2) is 8.25. The number of nitrogens with one attached hydrogen (secondary N) is 1. The van der Waals surface area contributed by atoms with Gasteiger partial charge in [0.05, 0.1) is 10.7 Å². The van der Waals surface area contributed by atoms with Gasteiger partial charge in [0.1, 0.15) is 0 Å². The predicted molar refractivity (Wildman–Crippen MR) is 89.7 cm³/mol. The first-order chi connectivity index (χ1) is 10.2. The minimum Gasteiger partial charge on any atom is -0.312 e. The van der Waals surface area contributed by atoms with Gasteiger partial charge in [-0.15, -0.1) is 11.3 Å². The second-order valence-electron chi connectivity index (χ2n) is 5.79. The molecule has 0 bridgehead atoms. The molecule has 4 heteroatoms. The molecule has 0 radical (unpaired) electrons. The maximum Gasteiger partial charge on any atom is 0.0976 e. The molecule has 21 heavy (non-hydrogen) atoms. The molecule has 0 aliphatic rings. The largest absolute Gasteiger partial charge is 0.312 e. The topological polar surface area (TPSA) is 37.8 Å². The van der Waals surface area contributed by atoms with Crippen molar-refractivity contribution in [3.63, 3.8) is 0 Å². The van der Waals surface area contributed by atoms with Crippen molar-refractivity contribution in [3.05, 3.63) is 45.7 Å². The van der Waals surface area contributed by atoms with E-state index in [-0.39, 0.29) is 0 Å². The van der Waals surface area contributed by atoms with Crippen LogP contribution in [-0.2, 0) is 19.4 Å². The monoisotopic (exact) mass is 303 g/mol. The summed E-state index contributed by atoms with van der Waals surface area (Å²) >= 11 is 1.85. The van der Waals surface area contributed by atoms with Crippen molar-refractivity contribution in [2.24, 2.45) is 5.92 Å². The number of thiazole rings is 1. The molecule has 0 saturated heterocycles. The van der Waals surface area contributed by atoms with Crippen molar-refractivity contribution < 1.29 is 0 Å². The highest BCUT2D eigenvalue weighted by atomic mass is 32.1. The van der Waals surface area contributed by atoms with Gasteiger partial charge in [0.25, 0.3) is 0 Å². The van der Waals surface area contributed by atoms with Crippen molar-refractivity contribution in [1.82, 2.24) is 15.3 Å². The minimum atomic E-state index is 0.642. The van der Waals surface area contributed by atoms with E-state index in [2.05, 4.69) is 37.1 Å². The highest BCUT2D eigenvalue weighted by Gasteiger charge is 2.12. The standard InChI is InChI=1S/C17H25N3S/c1-4-7-18-12-16-15(9-13(2)3)20-17(21-16)10-14-6-5-8-19-11-14/h5-6,8,11,13,18H,4,7,9-10,12H2,1-3H3. The van der Waals surface area contributed by atoms with Gasteiger partial charge in [0, 0.05) is 30.2 Å². The Labute approximate surface area is 131 Å². The van der Waals surface area contributed by atoms with Gasteiger partial charge in [0.15, 0.2) is 0 Å². The molecule has 1 N–H and O–H groups in total. The van der Waals surface area contributed by atoms with Gasteiger partial charge in [-0.3, -0.25) is 4.98 Å². The number of rotatable bonds is 8. The summed E-state index contributed by atoms with van der Waals surface area (Å²) in [7, 11) is 0. The Kier molecular flexibility index (Phi) is 6.33. The summed E-state index contributed by atoms with van der Waals surface area (Å²) in [5.41, 5.74) is 2.51.